The van der Waals surface area contributed by atoms with Crippen molar-refractivity contribution >= 4 is 5.96 Å². The maximum atomic E-state index is 6.03. The molecule has 1 heterocycles. The van der Waals surface area contributed by atoms with Crippen molar-refractivity contribution in [3.8, 4) is 0 Å². The summed E-state index contributed by atoms with van der Waals surface area (Å²) in [5, 5.41) is 0. The molecular formula is C16H25N3O2. The molecule has 116 valence electrons. The van der Waals surface area contributed by atoms with Crippen LogP contribution in [0, 0.1) is 0 Å². The molecule has 0 aromatic heterocycles. The van der Waals surface area contributed by atoms with Gasteiger partial charge in [-0.2, -0.15) is 0 Å². The van der Waals surface area contributed by atoms with Crippen molar-refractivity contribution in [1.82, 2.24) is 4.90 Å². The number of nitrogens with two attached hydrogens (primary N) is 1. The van der Waals surface area contributed by atoms with Crippen molar-refractivity contribution < 1.29 is 9.47 Å². The highest BCUT2D eigenvalue weighted by Gasteiger charge is 2.11. The van der Waals surface area contributed by atoms with Crippen LogP contribution in [0.5, 0.6) is 0 Å². The zero-order valence-corrected chi connectivity index (χ0v) is 12.9. The Morgan fingerprint density at radius 1 is 1.33 bits per heavy atom. The summed E-state index contributed by atoms with van der Waals surface area (Å²) in [6, 6.07) is 8.29. The predicted octanol–water partition coefficient (Wildman–Crippen LogP) is 1.76. The van der Waals surface area contributed by atoms with Gasteiger partial charge in [-0.15, -0.1) is 0 Å². The summed E-state index contributed by atoms with van der Waals surface area (Å²) in [6.07, 6.45) is 0.239. The summed E-state index contributed by atoms with van der Waals surface area (Å²) in [6.45, 7) is 8.38. The Morgan fingerprint density at radius 3 is 2.76 bits per heavy atom. The third kappa shape index (κ3) is 5.36. The monoisotopic (exact) mass is 291 g/mol. The van der Waals surface area contributed by atoms with Crippen LogP contribution in [-0.2, 0) is 22.6 Å². The van der Waals surface area contributed by atoms with E-state index in [0.29, 0.717) is 19.1 Å². The number of hydrogen-bond acceptors (Lipinski definition) is 3. The molecule has 5 nitrogen and oxygen atoms in total. The zero-order chi connectivity index (χ0) is 15.1. The highest BCUT2D eigenvalue weighted by molar-refractivity contribution is 5.78. The molecule has 2 N–H and O–H groups in total. The van der Waals surface area contributed by atoms with Gasteiger partial charge in [-0.1, -0.05) is 24.3 Å². The topological polar surface area (TPSA) is 60.1 Å². The molecule has 1 saturated heterocycles. The van der Waals surface area contributed by atoms with Crippen molar-refractivity contribution in [1.29, 1.82) is 0 Å². The van der Waals surface area contributed by atoms with Crippen LogP contribution in [0.2, 0.25) is 0 Å². The Balaban J connectivity index is 1.91. The van der Waals surface area contributed by atoms with Gasteiger partial charge in [0.1, 0.15) is 0 Å². The fourth-order valence-electron chi connectivity index (χ4n) is 2.15. The Morgan fingerprint density at radius 2 is 2.05 bits per heavy atom. The molecule has 5 heteroatoms. The molecule has 1 aromatic rings. The van der Waals surface area contributed by atoms with Crippen molar-refractivity contribution in [2.75, 3.05) is 26.3 Å². The van der Waals surface area contributed by atoms with Gasteiger partial charge in [0, 0.05) is 13.1 Å². The first-order valence-corrected chi connectivity index (χ1v) is 7.47. The zero-order valence-electron chi connectivity index (χ0n) is 12.9. The molecule has 1 aromatic carbocycles. The maximum Gasteiger partial charge on any atom is 0.191 e. The van der Waals surface area contributed by atoms with Crippen LogP contribution in [0.25, 0.3) is 0 Å². The highest BCUT2D eigenvalue weighted by atomic mass is 16.5. The second kappa shape index (κ2) is 8.00. The van der Waals surface area contributed by atoms with E-state index in [1.165, 1.54) is 5.56 Å². The molecule has 0 radical (unpaired) electrons. The lowest BCUT2D eigenvalue weighted by Gasteiger charge is -2.27. The van der Waals surface area contributed by atoms with Gasteiger partial charge in [-0.25, -0.2) is 4.99 Å². The second-order valence-corrected chi connectivity index (χ2v) is 5.45. The van der Waals surface area contributed by atoms with Crippen LogP contribution < -0.4 is 5.73 Å². The van der Waals surface area contributed by atoms with Gasteiger partial charge in [0.05, 0.1) is 32.5 Å². The van der Waals surface area contributed by atoms with Crippen molar-refractivity contribution in [2.45, 2.75) is 33.1 Å². The van der Waals surface area contributed by atoms with E-state index in [9.17, 15) is 0 Å². The number of benzene rings is 1. The smallest absolute Gasteiger partial charge is 0.191 e. The van der Waals surface area contributed by atoms with Crippen LogP contribution >= 0.6 is 0 Å². The molecule has 0 atom stereocenters. The Hall–Kier alpha value is -1.59. The first-order valence-electron chi connectivity index (χ1n) is 7.47. The third-order valence-corrected chi connectivity index (χ3v) is 3.33. The molecule has 2 rings (SSSR count). The van der Waals surface area contributed by atoms with Crippen molar-refractivity contribution in [2.24, 2.45) is 10.7 Å². The predicted molar refractivity (Wildman–Crippen MR) is 84.1 cm³/mol. The van der Waals surface area contributed by atoms with Crippen LogP contribution in [0.1, 0.15) is 25.0 Å². The summed E-state index contributed by atoms with van der Waals surface area (Å²) >= 11 is 0. The number of rotatable bonds is 5. The normalized spacial score (nSPS) is 16.5. The summed E-state index contributed by atoms with van der Waals surface area (Å²) < 4.78 is 10.9. The molecule has 21 heavy (non-hydrogen) atoms. The average Bonchev–Trinajstić information content (AvgIpc) is 2.52. The van der Waals surface area contributed by atoms with Crippen LogP contribution in [0.3, 0.4) is 0 Å². The molecule has 0 spiro atoms. The number of morpholine rings is 1. The Bertz CT molecular complexity index is 468. The SMILES string of the molecule is CC(C)OCc1cccc(CN=C(N)N2CCOCC2)c1. The van der Waals surface area contributed by atoms with Gasteiger partial charge < -0.3 is 20.1 Å². The molecule has 0 saturated carbocycles. The molecule has 1 aliphatic heterocycles. The number of guanidine groups is 1. The largest absolute Gasteiger partial charge is 0.378 e. The first kappa shape index (κ1) is 15.8. The van der Waals surface area contributed by atoms with Gasteiger partial charge >= 0.3 is 0 Å². The van der Waals surface area contributed by atoms with Gasteiger partial charge in [-0.3, -0.25) is 0 Å². The van der Waals surface area contributed by atoms with E-state index >= 15 is 0 Å². The standard InChI is InChI=1S/C16H25N3O2/c1-13(2)21-12-15-5-3-4-14(10-15)11-18-16(17)19-6-8-20-9-7-19/h3-5,10,13H,6-9,11-12H2,1-2H3,(H2,17,18). The molecule has 1 aliphatic rings. The lowest BCUT2D eigenvalue weighted by atomic mass is 10.1. The van der Waals surface area contributed by atoms with E-state index in [1.807, 2.05) is 19.9 Å². The second-order valence-electron chi connectivity index (χ2n) is 5.45. The summed E-state index contributed by atoms with van der Waals surface area (Å²) in [5.41, 5.74) is 8.35. The molecule has 0 aliphatic carbocycles. The number of hydrogen-bond donors (Lipinski definition) is 1. The summed E-state index contributed by atoms with van der Waals surface area (Å²) in [7, 11) is 0. The molecular weight excluding hydrogens is 266 g/mol. The van der Waals surface area contributed by atoms with E-state index in [4.69, 9.17) is 15.2 Å². The number of ether oxygens (including phenoxy) is 2. The third-order valence-electron chi connectivity index (χ3n) is 3.33. The molecule has 1 fully saturated rings. The minimum Gasteiger partial charge on any atom is -0.378 e. The fraction of sp³-hybridized carbons (Fsp3) is 0.562. The Kier molecular flexibility index (Phi) is 6.02. The van der Waals surface area contributed by atoms with E-state index in [2.05, 4.69) is 28.1 Å². The van der Waals surface area contributed by atoms with E-state index < -0.39 is 0 Å². The van der Waals surface area contributed by atoms with E-state index in [1.54, 1.807) is 0 Å². The average molecular weight is 291 g/mol. The summed E-state index contributed by atoms with van der Waals surface area (Å²) in [4.78, 5) is 6.54. The number of aliphatic imine (C=N–C) groups is 1. The van der Waals surface area contributed by atoms with Gasteiger partial charge in [-0.05, 0) is 25.0 Å². The quantitative estimate of drug-likeness (QED) is 0.663. The molecule has 0 unspecified atom stereocenters. The minimum atomic E-state index is 0.239. The van der Waals surface area contributed by atoms with Crippen LogP contribution in [-0.4, -0.2) is 43.3 Å². The van der Waals surface area contributed by atoms with Crippen molar-refractivity contribution in [3.05, 3.63) is 35.4 Å². The van der Waals surface area contributed by atoms with Gasteiger partial charge in [0.2, 0.25) is 0 Å². The fourth-order valence-corrected chi connectivity index (χ4v) is 2.15. The highest BCUT2D eigenvalue weighted by Crippen LogP contribution is 2.09. The van der Waals surface area contributed by atoms with Crippen LogP contribution in [0.15, 0.2) is 29.3 Å². The molecule has 0 amide bonds. The van der Waals surface area contributed by atoms with E-state index in [-0.39, 0.29) is 6.10 Å². The van der Waals surface area contributed by atoms with Crippen molar-refractivity contribution in [3.63, 3.8) is 0 Å². The van der Waals surface area contributed by atoms with Crippen LogP contribution in [0.4, 0.5) is 0 Å². The van der Waals surface area contributed by atoms with Gasteiger partial charge in [0.25, 0.3) is 0 Å². The van der Waals surface area contributed by atoms with E-state index in [0.717, 1.165) is 31.9 Å². The first-order chi connectivity index (χ1) is 10.1. The number of nitrogens with zero attached hydrogens (tertiary/aromatic N) is 2. The molecule has 0 bridgehead atoms. The Labute approximate surface area is 126 Å². The lowest BCUT2D eigenvalue weighted by molar-refractivity contribution is 0.0656. The summed E-state index contributed by atoms with van der Waals surface area (Å²) in [5.74, 6) is 0.599. The maximum absolute atomic E-state index is 6.03. The lowest BCUT2D eigenvalue weighted by Crippen LogP contribution is -2.44. The minimum absolute atomic E-state index is 0.239. The van der Waals surface area contributed by atoms with Gasteiger partial charge in [0.15, 0.2) is 5.96 Å².